The zero-order chi connectivity index (χ0) is 20.4. The lowest BCUT2D eigenvalue weighted by Crippen LogP contribution is -2.19. The smallest absolute Gasteiger partial charge is 0.0580 e. The molecule has 1 unspecified atom stereocenters. The molecule has 3 nitrogen and oxygen atoms in total. The molecule has 3 heteroatoms. The number of hydrogen-bond donors (Lipinski definition) is 0. The van der Waals surface area contributed by atoms with Crippen LogP contribution >= 0.6 is 0 Å². The number of nitrogens with zero attached hydrogens (tertiary/aromatic N) is 3. The highest BCUT2D eigenvalue weighted by atomic mass is 15.2. The Hall–Kier alpha value is -3.04. The van der Waals surface area contributed by atoms with Gasteiger partial charge in [0.05, 0.1) is 6.04 Å². The zero-order valence-electron chi connectivity index (χ0n) is 17.9. The summed E-state index contributed by atoms with van der Waals surface area (Å²) >= 11 is 0. The van der Waals surface area contributed by atoms with Crippen molar-refractivity contribution in [2.45, 2.75) is 25.6 Å². The Morgan fingerprint density at radius 3 is 2.47 bits per heavy atom. The van der Waals surface area contributed by atoms with E-state index < -0.39 is 0 Å². The lowest BCUT2D eigenvalue weighted by molar-refractivity contribution is 0.353. The van der Waals surface area contributed by atoms with Crippen molar-refractivity contribution in [1.29, 1.82) is 0 Å². The molecule has 0 fully saturated rings. The maximum absolute atomic E-state index is 2.46. The van der Waals surface area contributed by atoms with Crippen LogP contribution in [0.5, 0.6) is 0 Å². The molecule has 30 heavy (non-hydrogen) atoms. The Morgan fingerprint density at radius 2 is 1.60 bits per heavy atom. The van der Waals surface area contributed by atoms with Crippen LogP contribution in [0.1, 0.15) is 28.3 Å². The first-order valence-electron chi connectivity index (χ1n) is 10.8. The van der Waals surface area contributed by atoms with Crippen LogP contribution in [0, 0.1) is 0 Å². The summed E-state index contributed by atoms with van der Waals surface area (Å²) in [6.07, 6.45) is 1.07. The number of aromatic nitrogens is 1. The van der Waals surface area contributed by atoms with Gasteiger partial charge < -0.3 is 9.47 Å². The highest BCUT2D eigenvalue weighted by Gasteiger charge is 2.29. The van der Waals surface area contributed by atoms with Crippen molar-refractivity contribution in [2.24, 2.45) is 7.05 Å². The molecular formula is C27H27N3. The molecule has 0 radical (unpaired) electrons. The van der Waals surface area contributed by atoms with Gasteiger partial charge in [-0.1, -0.05) is 42.5 Å². The largest absolute Gasteiger partial charge is 0.367 e. The van der Waals surface area contributed by atoms with Crippen molar-refractivity contribution >= 4 is 16.6 Å². The maximum Gasteiger partial charge on any atom is 0.0580 e. The average molecular weight is 394 g/mol. The minimum atomic E-state index is 0.416. The Morgan fingerprint density at radius 1 is 0.767 bits per heavy atom. The summed E-state index contributed by atoms with van der Waals surface area (Å²) in [5, 5.41) is 1.30. The Labute approximate surface area is 178 Å². The third kappa shape index (κ3) is 2.62. The first-order chi connectivity index (χ1) is 14.6. The molecule has 1 aromatic heterocycles. The van der Waals surface area contributed by atoms with Gasteiger partial charge in [0, 0.05) is 49.5 Å². The minimum absolute atomic E-state index is 0.416. The minimum Gasteiger partial charge on any atom is -0.367 e. The molecule has 0 amide bonds. The van der Waals surface area contributed by atoms with E-state index >= 15 is 0 Å². The number of benzene rings is 3. The Balaban J connectivity index is 1.36. The van der Waals surface area contributed by atoms with Gasteiger partial charge in [0.15, 0.2) is 0 Å². The standard InChI is InChI=1S/C27H27N3/c1-28-16-21-9-8-19(13-23(21)17-28)27-15-22-12-20(10-11-25(22)30(27)3)26-14-18-6-4-5-7-24(18)29(26)2/h4-14,27H,15-17H2,1-3H3. The highest BCUT2D eigenvalue weighted by molar-refractivity contribution is 5.87. The van der Waals surface area contributed by atoms with Crippen LogP contribution < -0.4 is 4.90 Å². The van der Waals surface area contributed by atoms with Gasteiger partial charge in [-0.05, 0) is 65.6 Å². The molecule has 2 aliphatic rings. The van der Waals surface area contributed by atoms with Crippen LogP contribution in [-0.2, 0) is 26.6 Å². The van der Waals surface area contributed by atoms with E-state index in [2.05, 4.69) is 102 Å². The fraction of sp³-hybridized carbons (Fsp3) is 0.259. The van der Waals surface area contributed by atoms with Gasteiger partial charge in [-0.3, -0.25) is 4.90 Å². The van der Waals surface area contributed by atoms with E-state index in [0.717, 1.165) is 19.5 Å². The van der Waals surface area contributed by atoms with Crippen LogP contribution in [-0.4, -0.2) is 23.6 Å². The maximum atomic E-state index is 2.46. The fourth-order valence-electron chi connectivity index (χ4n) is 5.46. The van der Waals surface area contributed by atoms with Gasteiger partial charge in [-0.25, -0.2) is 0 Å². The molecule has 6 rings (SSSR count). The molecule has 2 aliphatic heterocycles. The van der Waals surface area contributed by atoms with Crippen molar-refractivity contribution < 1.29 is 0 Å². The predicted molar refractivity (Wildman–Crippen MR) is 125 cm³/mol. The summed E-state index contributed by atoms with van der Waals surface area (Å²) in [5.41, 5.74) is 11.1. The summed E-state index contributed by atoms with van der Waals surface area (Å²) in [7, 11) is 6.61. The fourth-order valence-corrected chi connectivity index (χ4v) is 5.46. The number of fused-ring (bicyclic) bond motifs is 3. The van der Waals surface area contributed by atoms with Gasteiger partial charge in [0.1, 0.15) is 0 Å². The summed E-state index contributed by atoms with van der Waals surface area (Å²) in [6.45, 7) is 2.14. The van der Waals surface area contributed by atoms with Crippen LogP contribution in [0.3, 0.4) is 0 Å². The Bertz CT molecular complexity index is 1280. The molecule has 0 spiro atoms. The summed E-state index contributed by atoms with van der Waals surface area (Å²) in [5.74, 6) is 0. The Kier molecular flexibility index (Phi) is 3.84. The molecule has 0 bridgehead atoms. The van der Waals surface area contributed by atoms with Crippen LogP contribution in [0.25, 0.3) is 22.2 Å². The quantitative estimate of drug-likeness (QED) is 0.444. The van der Waals surface area contributed by atoms with Crippen molar-refractivity contribution in [3.8, 4) is 11.3 Å². The molecule has 0 aliphatic carbocycles. The van der Waals surface area contributed by atoms with E-state index in [-0.39, 0.29) is 0 Å². The summed E-state index contributed by atoms with van der Waals surface area (Å²) in [4.78, 5) is 4.85. The first-order valence-corrected chi connectivity index (χ1v) is 10.8. The van der Waals surface area contributed by atoms with Gasteiger partial charge in [0.25, 0.3) is 0 Å². The molecule has 0 saturated carbocycles. The predicted octanol–water partition coefficient (Wildman–Crippen LogP) is 5.52. The van der Waals surface area contributed by atoms with Crippen LogP contribution in [0.2, 0.25) is 0 Å². The number of likely N-dealkylation sites (N-methyl/N-ethyl adjacent to an activating group) is 1. The number of para-hydroxylation sites is 1. The summed E-state index contributed by atoms with van der Waals surface area (Å²) < 4.78 is 2.31. The molecule has 3 aromatic carbocycles. The average Bonchev–Trinajstić information content (AvgIpc) is 3.40. The number of aryl methyl sites for hydroxylation is 1. The second-order valence-corrected chi connectivity index (χ2v) is 9.02. The molecule has 150 valence electrons. The number of hydrogen-bond acceptors (Lipinski definition) is 2. The van der Waals surface area contributed by atoms with Gasteiger partial charge in [0.2, 0.25) is 0 Å². The van der Waals surface area contributed by atoms with Gasteiger partial charge in [-0.15, -0.1) is 0 Å². The first kappa shape index (κ1) is 17.8. The molecule has 1 atom stereocenters. The van der Waals surface area contributed by atoms with Crippen molar-refractivity contribution in [3.05, 3.63) is 89.0 Å². The molecule has 0 N–H and O–H groups in total. The highest BCUT2D eigenvalue weighted by Crippen LogP contribution is 2.42. The van der Waals surface area contributed by atoms with Crippen molar-refractivity contribution in [1.82, 2.24) is 9.47 Å². The van der Waals surface area contributed by atoms with E-state index in [0.29, 0.717) is 6.04 Å². The van der Waals surface area contributed by atoms with Crippen molar-refractivity contribution in [3.63, 3.8) is 0 Å². The van der Waals surface area contributed by atoms with Crippen LogP contribution in [0.15, 0.2) is 66.7 Å². The van der Waals surface area contributed by atoms with Crippen LogP contribution in [0.4, 0.5) is 5.69 Å². The molecule has 4 aromatic rings. The lowest BCUT2D eigenvalue weighted by Gasteiger charge is -2.23. The van der Waals surface area contributed by atoms with E-state index in [1.165, 1.54) is 50.1 Å². The topological polar surface area (TPSA) is 11.4 Å². The summed E-state index contributed by atoms with van der Waals surface area (Å²) in [6, 6.07) is 25.5. The SMILES string of the molecule is CN1Cc2ccc(C3Cc4cc(-c5cc6ccccc6n5C)ccc4N3C)cc2C1. The lowest BCUT2D eigenvalue weighted by atomic mass is 9.98. The number of anilines is 1. The molecule has 3 heterocycles. The van der Waals surface area contributed by atoms with E-state index in [9.17, 15) is 0 Å². The number of rotatable bonds is 2. The third-order valence-corrected chi connectivity index (χ3v) is 7.08. The van der Waals surface area contributed by atoms with E-state index in [4.69, 9.17) is 0 Å². The second-order valence-electron chi connectivity index (χ2n) is 9.02. The van der Waals surface area contributed by atoms with Crippen molar-refractivity contribution in [2.75, 3.05) is 19.0 Å². The van der Waals surface area contributed by atoms with Gasteiger partial charge >= 0.3 is 0 Å². The monoisotopic (exact) mass is 393 g/mol. The van der Waals surface area contributed by atoms with E-state index in [1.54, 1.807) is 0 Å². The zero-order valence-corrected chi connectivity index (χ0v) is 17.9. The van der Waals surface area contributed by atoms with E-state index in [1.807, 2.05) is 0 Å². The third-order valence-electron chi connectivity index (χ3n) is 7.08. The normalized spacial score (nSPS) is 18.2. The second kappa shape index (κ2) is 6.48. The van der Waals surface area contributed by atoms with Gasteiger partial charge in [-0.2, -0.15) is 0 Å². The molecular weight excluding hydrogens is 366 g/mol. The molecule has 0 saturated heterocycles.